The van der Waals surface area contributed by atoms with Gasteiger partial charge in [-0.2, -0.15) is 0 Å². The lowest BCUT2D eigenvalue weighted by Crippen LogP contribution is -2.42. The minimum atomic E-state index is -3.12. The van der Waals surface area contributed by atoms with Crippen molar-refractivity contribution >= 4 is 33.2 Å². The number of benzene rings is 1. The molecule has 0 radical (unpaired) electrons. The van der Waals surface area contributed by atoms with Crippen LogP contribution in [-0.4, -0.2) is 52.4 Å². The Morgan fingerprint density at radius 3 is 2.69 bits per heavy atom. The van der Waals surface area contributed by atoms with E-state index in [-0.39, 0.29) is 29.2 Å². The molecule has 1 fully saturated rings. The molecule has 0 spiro atoms. The molecule has 4 rings (SSSR count). The number of hydrogen-bond donors (Lipinski definition) is 0. The Bertz CT molecular complexity index is 1090. The molecule has 1 atom stereocenters. The molecule has 1 saturated heterocycles. The third kappa shape index (κ3) is 4.23. The van der Waals surface area contributed by atoms with Gasteiger partial charge in [0, 0.05) is 12.7 Å². The van der Waals surface area contributed by atoms with Crippen molar-refractivity contribution in [3.8, 4) is 11.6 Å². The van der Waals surface area contributed by atoms with Crippen LogP contribution >= 0.6 is 11.8 Å². The standard InChI is InChI=1S/C19H20N4O4S2/c1-22-18(16-8-5-10-27-16)20-21-19(22)28-12-17(24)23(14-6-3-2-4-7-14)15-9-11-29(25,26)13-15/h2-8,10,15H,9,11-13H2,1H3/t15-/m0/s1. The normalized spacial score (nSPS) is 18.0. The van der Waals surface area contributed by atoms with Gasteiger partial charge in [-0.25, -0.2) is 8.42 Å². The van der Waals surface area contributed by atoms with E-state index in [1.165, 1.54) is 11.8 Å². The van der Waals surface area contributed by atoms with Gasteiger partial charge in [-0.15, -0.1) is 10.2 Å². The summed E-state index contributed by atoms with van der Waals surface area (Å²) in [6, 6.07) is 12.4. The van der Waals surface area contributed by atoms with Gasteiger partial charge in [-0.1, -0.05) is 30.0 Å². The lowest BCUT2D eigenvalue weighted by atomic mass is 10.2. The second-order valence-corrected chi connectivity index (χ2v) is 9.96. The first-order valence-electron chi connectivity index (χ1n) is 9.08. The van der Waals surface area contributed by atoms with Crippen molar-refractivity contribution in [2.24, 2.45) is 7.05 Å². The SMILES string of the molecule is Cn1c(SCC(=O)N(c2ccccc2)[C@H]2CCS(=O)(=O)C2)nnc1-c1ccco1. The van der Waals surface area contributed by atoms with E-state index in [1.807, 2.05) is 37.4 Å². The number of carbonyl (C=O) groups excluding carboxylic acids is 1. The van der Waals surface area contributed by atoms with E-state index in [2.05, 4.69) is 10.2 Å². The van der Waals surface area contributed by atoms with Crippen LogP contribution < -0.4 is 4.90 Å². The predicted molar refractivity (Wildman–Crippen MR) is 110 cm³/mol. The fraction of sp³-hybridized carbons (Fsp3) is 0.316. The number of furan rings is 1. The summed E-state index contributed by atoms with van der Waals surface area (Å²) < 4.78 is 31.1. The topological polar surface area (TPSA) is 98.3 Å². The van der Waals surface area contributed by atoms with E-state index in [0.29, 0.717) is 28.8 Å². The number of para-hydroxylation sites is 1. The molecular weight excluding hydrogens is 412 g/mol. The fourth-order valence-corrected chi connectivity index (χ4v) is 5.85. The zero-order valence-corrected chi connectivity index (χ0v) is 17.4. The summed E-state index contributed by atoms with van der Waals surface area (Å²) in [4.78, 5) is 14.7. The summed E-state index contributed by atoms with van der Waals surface area (Å²) in [5.41, 5.74) is 0.703. The molecule has 0 saturated carbocycles. The van der Waals surface area contributed by atoms with Gasteiger partial charge in [0.1, 0.15) is 0 Å². The quantitative estimate of drug-likeness (QED) is 0.552. The molecule has 2 aromatic heterocycles. The maximum Gasteiger partial charge on any atom is 0.237 e. The molecule has 0 bridgehead atoms. The van der Waals surface area contributed by atoms with Crippen LogP contribution in [0.3, 0.4) is 0 Å². The van der Waals surface area contributed by atoms with Gasteiger partial charge >= 0.3 is 0 Å². The maximum absolute atomic E-state index is 13.1. The van der Waals surface area contributed by atoms with Crippen molar-refractivity contribution in [3.63, 3.8) is 0 Å². The van der Waals surface area contributed by atoms with E-state index < -0.39 is 9.84 Å². The number of aromatic nitrogens is 3. The lowest BCUT2D eigenvalue weighted by molar-refractivity contribution is -0.116. The first-order chi connectivity index (χ1) is 13.9. The number of amides is 1. The molecule has 0 N–H and O–H groups in total. The molecule has 1 aliphatic rings. The largest absolute Gasteiger partial charge is 0.461 e. The van der Waals surface area contributed by atoms with Crippen LogP contribution in [0.4, 0.5) is 5.69 Å². The molecule has 1 aromatic carbocycles. The number of thioether (sulfide) groups is 1. The molecule has 0 unspecified atom stereocenters. The van der Waals surface area contributed by atoms with Crippen molar-refractivity contribution in [1.29, 1.82) is 0 Å². The van der Waals surface area contributed by atoms with Gasteiger partial charge in [-0.05, 0) is 30.7 Å². The Labute approximate surface area is 172 Å². The maximum atomic E-state index is 13.1. The Kier molecular flexibility index (Phi) is 5.46. The van der Waals surface area contributed by atoms with E-state index in [9.17, 15) is 13.2 Å². The third-order valence-electron chi connectivity index (χ3n) is 4.78. The van der Waals surface area contributed by atoms with Crippen molar-refractivity contribution in [1.82, 2.24) is 14.8 Å². The highest BCUT2D eigenvalue weighted by Gasteiger charge is 2.35. The second-order valence-electron chi connectivity index (χ2n) is 6.79. The molecule has 3 heterocycles. The van der Waals surface area contributed by atoms with Crippen LogP contribution in [0.15, 0.2) is 58.3 Å². The Morgan fingerprint density at radius 1 is 1.24 bits per heavy atom. The van der Waals surface area contributed by atoms with E-state index in [1.54, 1.807) is 27.9 Å². The number of nitrogens with zero attached hydrogens (tertiary/aromatic N) is 4. The van der Waals surface area contributed by atoms with Gasteiger partial charge in [0.25, 0.3) is 0 Å². The molecule has 8 nitrogen and oxygen atoms in total. The molecule has 3 aromatic rings. The predicted octanol–water partition coefficient (Wildman–Crippen LogP) is 2.39. The average molecular weight is 433 g/mol. The molecule has 1 aliphatic heterocycles. The first kappa shape index (κ1) is 19.7. The van der Waals surface area contributed by atoms with Crippen LogP contribution in [0.25, 0.3) is 11.6 Å². The Morgan fingerprint density at radius 2 is 2.03 bits per heavy atom. The smallest absolute Gasteiger partial charge is 0.237 e. The highest BCUT2D eigenvalue weighted by Crippen LogP contribution is 2.27. The van der Waals surface area contributed by atoms with Crippen molar-refractivity contribution in [3.05, 3.63) is 48.7 Å². The zero-order chi connectivity index (χ0) is 20.4. The van der Waals surface area contributed by atoms with Gasteiger partial charge in [0.15, 0.2) is 26.6 Å². The van der Waals surface area contributed by atoms with Crippen LogP contribution in [-0.2, 0) is 21.7 Å². The Hall–Kier alpha value is -2.59. The van der Waals surface area contributed by atoms with Crippen LogP contribution in [0, 0.1) is 0 Å². The number of anilines is 1. The van der Waals surface area contributed by atoms with Crippen molar-refractivity contribution < 1.29 is 17.6 Å². The number of sulfone groups is 1. The van der Waals surface area contributed by atoms with Crippen LogP contribution in [0.1, 0.15) is 6.42 Å². The van der Waals surface area contributed by atoms with Crippen molar-refractivity contribution in [2.45, 2.75) is 17.6 Å². The van der Waals surface area contributed by atoms with Gasteiger partial charge < -0.3 is 13.9 Å². The van der Waals surface area contributed by atoms with Crippen LogP contribution in [0.2, 0.25) is 0 Å². The van der Waals surface area contributed by atoms with E-state index >= 15 is 0 Å². The molecule has 10 heteroatoms. The minimum Gasteiger partial charge on any atom is -0.461 e. The summed E-state index contributed by atoms with van der Waals surface area (Å²) >= 11 is 1.26. The van der Waals surface area contributed by atoms with Gasteiger partial charge in [0.05, 0.1) is 29.6 Å². The highest BCUT2D eigenvalue weighted by molar-refractivity contribution is 7.99. The summed E-state index contributed by atoms with van der Waals surface area (Å²) in [7, 11) is -1.31. The fourth-order valence-electron chi connectivity index (χ4n) is 3.38. The average Bonchev–Trinajstić information content (AvgIpc) is 3.42. The number of hydrogen-bond acceptors (Lipinski definition) is 7. The minimum absolute atomic E-state index is 0.00902. The van der Waals surface area contributed by atoms with Gasteiger partial charge in [0.2, 0.25) is 5.91 Å². The summed E-state index contributed by atoms with van der Waals surface area (Å²) in [5.74, 6) is 1.23. The van der Waals surface area contributed by atoms with E-state index in [4.69, 9.17) is 4.42 Å². The zero-order valence-electron chi connectivity index (χ0n) is 15.8. The molecular formula is C19H20N4O4S2. The summed E-state index contributed by atoms with van der Waals surface area (Å²) in [6.07, 6.45) is 2.01. The molecule has 1 amide bonds. The summed E-state index contributed by atoms with van der Waals surface area (Å²) in [6.45, 7) is 0. The third-order valence-corrected chi connectivity index (χ3v) is 7.53. The van der Waals surface area contributed by atoms with Crippen molar-refractivity contribution in [2.75, 3.05) is 22.2 Å². The monoisotopic (exact) mass is 432 g/mol. The Balaban J connectivity index is 1.52. The lowest BCUT2D eigenvalue weighted by Gasteiger charge is -2.28. The molecule has 29 heavy (non-hydrogen) atoms. The number of carbonyl (C=O) groups is 1. The van der Waals surface area contributed by atoms with E-state index in [0.717, 1.165) is 0 Å². The highest BCUT2D eigenvalue weighted by atomic mass is 32.2. The molecule has 0 aliphatic carbocycles. The molecule has 152 valence electrons. The van der Waals surface area contributed by atoms with Crippen LogP contribution in [0.5, 0.6) is 0 Å². The summed E-state index contributed by atoms with van der Waals surface area (Å²) in [5, 5.41) is 8.86. The number of rotatable bonds is 6. The second kappa shape index (κ2) is 8.03. The first-order valence-corrected chi connectivity index (χ1v) is 11.9. The van der Waals surface area contributed by atoms with Gasteiger partial charge in [-0.3, -0.25) is 4.79 Å².